The lowest BCUT2D eigenvalue weighted by atomic mass is 10.1. The molecule has 1 fully saturated rings. The number of nitrogens with zero attached hydrogens (tertiary/aromatic N) is 4. The van der Waals surface area contributed by atoms with Gasteiger partial charge in [0.25, 0.3) is 11.8 Å². The van der Waals surface area contributed by atoms with E-state index in [-0.39, 0.29) is 24.1 Å². The van der Waals surface area contributed by atoms with Crippen LogP contribution in [0.5, 0.6) is 5.75 Å². The highest BCUT2D eigenvalue weighted by atomic mass is 32.1. The van der Waals surface area contributed by atoms with E-state index in [2.05, 4.69) is 25.5 Å². The number of hydrogen-bond donors (Lipinski definition) is 3. The molecule has 1 saturated heterocycles. The van der Waals surface area contributed by atoms with Crippen molar-refractivity contribution in [2.75, 3.05) is 48.4 Å². The number of nitrogens with one attached hydrogen (secondary N) is 2. The summed E-state index contributed by atoms with van der Waals surface area (Å²) in [5, 5.41) is 17.9. The van der Waals surface area contributed by atoms with Gasteiger partial charge in [-0.1, -0.05) is 0 Å². The van der Waals surface area contributed by atoms with Gasteiger partial charge in [-0.2, -0.15) is 0 Å². The molecule has 2 aromatic heterocycles. The van der Waals surface area contributed by atoms with Crippen LogP contribution in [-0.4, -0.2) is 60.2 Å². The summed E-state index contributed by atoms with van der Waals surface area (Å²) in [6.07, 6.45) is 3.34. The van der Waals surface area contributed by atoms with Crippen LogP contribution in [0.2, 0.25) is 0 Å². The Labute approximate surface area is 200 Å². The maximum atomic E-state index is 13.0. The van der Waals surface area contributed by atoms with Gasteiger partial charge in [0.2, 0.25) is 0 Å². The first-order chi connectivity index (χ1) is 16.6. The molecule has 0 radical (unpaired) electrons. The van der Waals surface area contributed by atoms with Crippen molar-refractivity contribution in [3.05, 3.63) is 58.4 Å². The van der Waals surface area contributed by atoms with Crippen molar-refractivity contribution in [3.63, 3.8) is 0 Å². The van der Waals surface area contributed by atoms with Gasteiger partial charge in [0, 0.05) is 48.9 Å². The summed E-state index contributed by atoms with van der Waals surface area (Å²) < 4.78 is 5.29. The van der Waals surface area contributed by atoms with Gasteiger partial charge in [0.15, 0.2) is 5.13 Å². The molecule has 11 heteroatoms. The van der Waals surface area contributed by atoms with Gasteiger partial charge < -0.3 is 25.4 Å². The molecule has 0 bridgehead atoms. The number of thiazole rings is 1. The van der Waals surface area contributed by atoms with E-state index in [4.69, 9.17) is 4.74 Å². The van der Waals surface area contributed by atoms with Crippen LogP contribution in [0.15, 0.2) is 36.0 Å². The summed E-state index contributed by atoms with van der Waals surface area (Å²) in [4.78, 5) is 38.3. The Morgan fingerprint density at radius 3 is 2.91 bits per heavy atom. The van der Waals surface area contributed by atoms with E-state index >= 15 is 0 Å². The quantitative estimate of drug-likeness (QED) is 0.489. The third kappa shape index (κ3) is 4.09. The molecule has 5 rings (SSSR count). The Hall–Kier alpha value is -3.54. The Bertz CT molecular complexity index is 1240. The minimum absolute atomic E-state index is 0.184. The van der Waals surface area contributed by atoms with Gasteiger partial charge in [-0.25, -0.2) is 4.98 Å². The zero-order chi connectivity index (χ0) is 23.7. The van der Waals surface area contributed by atoms with Crippen molar-refractivity contribution in [2.45, 2.75) is 13.2 Å². The highest BCUT2D eigenvalue weighted by molar-refractivity contribution is 7.14. The molecule has 2 aliphatic rings. The number of benzene rings is 1. The number of piperazine rings is 1. The van der Waals surface area contributed by atoms with Crippen LogP contribution in [0, 0.1) is 0 Å². The minimum Gasteiger partial charge on any atom is -0.496 e. The molecular weight excluding hydrogens is 456 g/mol. The van der Waals surface area contributed by atoms with Crippen LogP contribution < -0.4 is 25.2 Å². The van der Waals surface area contributed by atoms with Crippen LogP contribution in [-0.2, 0) is 13.2 Å². The van der Waals surface area contributed by atoms with Crippen molar-refractivity contribution >= 4 is 39.7 Å². The van der Waals surface area contributed by atoms with Gasteiger partial charge in [-0.15, -0.1) is 11.3 Å². The summed E-state index contributed by atoms with van der Waals surface area (Å²) in [5.41, 5.74) is 3.68. The number of fused-ring (bicyclic) bond motifs is 1. The Balaban J connectivity index is 1.34. The van der Waals surface area contributed by atoms with Gasteiger partial charge in [-0.05, 0) is 23.8 Å². The smallest absolute Gasteiger partial charge is 0.275 e. The fourth-order valence-electron chi connectivity index (χ4n) is 4.21. The lowest BCUT2D eigenvalue weighted by Gasteiger charge is -2.30. The molecule has 34 heavy (non-hydrogen) atoms. The van der Waals surface area contributed by atoms with E-state index in [0.29, 0.717) is 34.2 Å². The second-order valence-corrected chi connectivity index (χ2v) is 8.81. The maximum Gasteiger partial charge on any atom is 0.275 e. The molecule has 0 aliphatic carbocycles. The van der Waals surface area contributed by atoms with E-state index < -0.39 is 0 Å². The zero-order valence-corrected chi connectivity index (χ0v) is 19.4. The molecule has 4 heterocycles. The monoisotopic (exact) mass is 480 g/mol. The number of methoxy groups -OCH3 is 1. The van der Waals surface area contributed by atoms with E-state index in [1.165, 1.54) is 23.3 Å². The lowest BCUT2D eigenvalue weighted by molar-refractivity contribution is 0.0991. The third-order valence-electron chi connectivity index (χ3n) is 5.94. The molecule has 10 nitrogen and oxygen atoms in total. The first-order valence-corrected chi connectivity index (χ1v) is 11.8. The van der Waals surface area contributed by atoms with E-state index in [0.717, 1.165) is 37.4 Å². The number of rotatable bonds is 6. The fourth-order valence-corrected chi connectivity index (χ4v) is 5.01. The number of aliphatic hydroxyl groups excluding tert-OH is 1. The number of carbonyl (C=O) groups excluding carboxylic acids is 2. The first kappa shape index (κ1) is 22.3. The average Bonchev–Trinajstić information content (AvgIpc) is 3.49. The van der Waals surface area contributed by atoms with Gasteiger partial charge >= 0.3 is 0 Å². The largest absolute Gasteiger partial charge is 0.496 e. The van der Waals surface area contributed by atoms with Gasteiger partial charge in [0.1, 0.15) is 11.4 Å². The summed E-state index contributed by atoms with van der Waals surface area (Å²) in [5.74, 6) is -0.111. The molecule has 176 valence electrons. The molecular formula is C23H24N6O4S. The van der Waals surface area contributed by atoms with E-state index in [1.807, 2.05) is 6.07 Å². The fraction of sp³-hybridized carbons (Fsp3) is 0.304. The number of carbonyl (C=O) groups is 2. The minimum atomic E-state index is -0.361. The Morgan fingerprint density at radius 1 is 1.32 bits per heavy atom. The summed E-state index contributed by atoms with van der Waals surface area (Å²) in [7, 11) is 1.50. The second-order valence-electron chi connectivity index (χ2n) is 7.97. The van der Waals surface area contributed by atoms with E-state index in [9.17, 15) is 14.7 Å². The Morgan fingerprint density at radius 2 is 2.15 bits per heavy atom. The summed E-state index contributed by atoms with van der Waals surface area (Å²) >= 11 is 1.23. The third-order valence-corrected chi connectivity index (χ3v) is 6.80. The number of ether oxygens (including phenoxy) is 1. The van der Waals surface area contributed by atoms with Gasteiger partial charge in [0.05, 0.1) is 37.8 Å². The van der Waals surface area contributed by atoms with Crippen LogP contribution in [0.3, 0.4) is 0 Å². The van der Waals surface area contributed by atoms with Crippen LogP contribution in [0.1, 0.15) is 32.0 Å². The maximum absolute atomic E-state index is 13.0. The number of hydrogen-bond acceptors (Lipinski definition) is 9. The lowest BCUT2D eigenvalue weighted by Crippen LogP contribution is -2.43. The SMILES string of the molecule is COc1cc2c(cc1CO)CN(c1nc(C(=O)Nc3cnccc3N3CCNCC3)cs1)C2=O. The van der Waals surface area contributed by atoms with Crippen molar-refractivity contribution < 1.29 is 19.4 Å². The topological polar surface area (TPSA) is 120 Å². The van der Waals surface area contributed by atoms with Crippen LogP contribution in [0.4, 0.5) is 16.5 Å². The molecule has 2 amide bonds. The highest BCUT2D eigenvalue weighted by Crippen LogP contribution is 2.34. The molecule has 3 aromatic rings. The average molecular weight is 481 g/mol. The highest BCUT2D eigenvalue weighted by Gasteiger charge is 2.32. The number of anilines is 3. The number of aromatic nitrogens is 2. The standard InChI is InChI=1S/C23H24N6O4S/c1-33-20-9-16-14(8-15(20)12-30)11-29(22(16)32)23-27-18(13-34-23)21(31)26-17-10-25-3-2-19(17)28-6-4-24-5-7-28/h2-3,8-10,13,24,30H,4-7,11-12H2,1H3,(H,26,31). The van der Waals surface area contributed by atoms with Crippen molar-refractivity contribution in [1.29, 1.82) is 0 Å². The zero-order valence-electron chi connectivity index (χ0n) is 18.6. The normalized spacial score (nSPS) is 15.4. The number of amides is 2. The predicted octanol–water partition coefficient (Wildman–Crippen LogP) is 1.86. The number of pyridine rings is 1. The van der Waals surface area contributed by atoms with Crippen molar-refractivity contribution in [1.82, 2.24) is 15.3 Å². The Kier molecular flexibility index (Phi) is 6.14. The predicted molar refractivity (Wildman–Crippen MR) is 129 cm³/mol. The van der Waals surface area contributed by atoms with Crippen LogP contribution >= 0.6 is 11.3 Å². The first-order valence-electron chi connectivity index (χ1n) is 10.9. The molecule has 1 aromatic carbocycles. The molecule has 0 saturated carbocycles. The second kappa shape index (κ2) is 9.37. The van der Waals surface area contributed by atoms with Crippen molar-refractivity contribution in [2.24, 2.45) is 0 Å². The molecule has 2 aliphatic heterocycles. The van der Waals surface area contributed by atoms with Crippen molar-refractivity contribution in [3.8, 4) is 5.75 Å². The number of aliphatic hydroxyl groups is 1. The van der Waals surface area contributed by atoms with E-state index in [1.54, 1.807) is 29.9 Å². The summed E-state index contributed by atoms with van der Waals surface area (Å²) in [6, 6.07) is 5.31. The van der Waals surface area contributed by atoms with Crippen LogP contribution in [0.25, 0.3) is 0 Å². The summed E-state index contributed by atoms with van der Waals surface area (Å²) in [6.45, 7) is 3.57. The molecule has 0 spiro atoms. The molecule has 0 unspecified atom stereocenters. The molecule has 3 N–H and O–H groups in total. The van der Waals surface area contributed by atoms with Gasteiger partial charge in [-0.3, -0.25) is 19.5 Å². The molecule has 0 atom stereocenters.